The molecule has 2 heterocycles. The molecule has 0 aromatic carbocycles. The number of thiophene rings is 1. The lowest BCUT2D eigenvalue weighted by Gasteiger charge is -2.31. The number of aryl methyl sites for hydroxylation is 1. The van der Waals surface area contributed by atoms with Gasteiger partial charge in [0.1, 0.15) is 22.6 Å². The smallest absolute Gasteiger partial charge is 0.407 e. The van der Waals surface area contributed by atoms with Crippen molar-refractivity contribution in [2.75, 3.05) is 5.32 Å². The molecule has 2 aliphatic carbocycles. The van der Waals surface area contributed by atoms with E-state index in [1.54, 1.807) is 6.33 Å². The van der Waals surface area contributed by atoms with Gasteiger partial charge in [-0.05, 0) is 77.2 Å². The molecule has 1 atom stereocenters. The van der Waals surface area contributed by atoms with Crippen molar-refractivity contribution in [1.29, 1.82) is 0 Å². The maximum atomic E-state index is 12.0. The summed E-state index contributed by atoms with van der Waals surface area (Å²) in [6, 6.07) is 0.561. The minimum Gasteiger partial charge on any atom is -0.444 e. The topological polar surface area (TPSA) is 76.1 Å². The third kappa shape index (κ3) is 4.88. The van der Waals surface area contributed by atoms with Crippen LogP contribution in [0.1, 0.15) is 76.7 Å². The maximum absolute atomic E-state index is 12.0. The average Bonchev–Trinajstić information content (AvgIpc) is 3.06. The Morgan fingerprint density at radius 2 is 1.90 bits per heavy atom. The fraction of sp³-hybridized carbons (Fsp3) is 0.696. The van der Waals surface area contributed by atoms with Crippen molar-refractivity contribution in [2.24, 2.45) is 5.92 Å². The van der Waals surface area contributed by atoms with Crippen LogP contribution >= 0.6 is 11.3 Å². The highest BCUT2D eigenvalue weighted by molar-refractivity contribution is 7.19. The SMILES string of the molecule is CCC1CCc2c(sc3ncnc(NC4CCC(NC(=O)OC(C)(C)C)CC4)c23)C1. The second-order valence-electron chi connectivity index (χ2n) is 9.76. The molecular weight excluding hydrogens is 396 g/mol. The van der Waals surface area contributed by atoms with Crippen molar-refractivity contribution < 1.29 is 9.53 Å². The van der Waals surface area contributed by atoms with Crippen molar-refractivity contribution >= 4 is 33.5 Å². The van der Waals surface area contributed by atoms with Gasteiger partial charge in [-0.15, -0.1) is 11.3 Å². The van der Waals surface area contributed by atoms with Crippen molar-refractivity contribution in [3.63, 3.8) is 0 Å². The molecule has 6 nitrogen and oxygen atoms in total. The Balaban J connectivity index is 1.39. The van der Waals surface area contributed by atoms with Gasteiger partial charge < -0.3 is 15.4 Å². The Morgan fingerprint density at radius 1 is 1.17 bits per heavy atom. The van der Waals surface area contributed by atoms with Gasteiger partial charge in [0.25, 0.3) is 0 Å². The summed E-state index contributed by atoms with van der Waals surface area (Å²) in [5, 5.41) is 7.98. The lowest BCUT2D eigenvalue weighted by molar-refractivity contribution is 0.0492. The van der Waals surface area contributed by atoms with Crippen LogP contribution in [0.3, 0.4) is 0 Å². The molecule has 2 aliphatic rings. The van der Waals surface area contributed by atoms with Crippen LogP contribution in [0.4, 0.5) is 10.6 Å². The first-order chi connectivity index (χ1) is 14.3. The highest BCUT2D eigenvalue weighted by Gasteiger charge is 2.27. The molecule has 30 heavy (non-hydrogen) atoms. The van der Waals surface area contributed by atoms with Crippen LogP contribution in [0, 0.1) is 5.92 Å². The van der Waals surface area contributed by atoms with Crippen molar-refractivity contribution in [3.8, 4) is 0 Å². The third-order valence-electron chi connectivity index (χ3n) is 6.31. The number of fused-ring (bicyclic) bond motifs is 3. The first kappa shape index (κ1) is 21.3. The monoisotopic (exact) mass is 430 g/mol. The van der Waals surface area contributed by atoms with E-state index >= 15 is 0 Å². The predicted octanol–water partition coefficient (Wildman–Crippen LogP) is 5.45. The van der Waals surface area contributed by atoms with Gasteiger partial charge in [-0.3, -0.25) is 0 Å². The molecule has 164 valence electrons. The van der Waals surface area contributed by atoms with Crippen LogP contribution in [0.25, 0.3) is 10.2 Å². The summed E-state index contributed by atoms with van der Waals surface area (Å²) in [7, 11) is 0. The van der Waals surface area contributed by atoms with E-state index in [4.69, 9.17) is 4.74 Å². The molecule has 1 saturated carbocycles. The van der Waals surface area contributed by atoms with E-state index in [9.17, 15) is 4.79 Å². The zero-order valence-corrected chi connectivity index (χ0v) is 19.4. The number of nitrogens with zero attached hydrogens (tertiary/aromatic N) is 2. The van der Waals surface area contributed by atoms with Gasteiger partial charge in [-0.2, -0.15) is 0 Å². The number of amides is 1. The van der Waals surface area contributed by atoms with E-state index in [0.717, 1.165) is 48.7 Å². The number of alkyl carbamates (subject to hydrolysis) is 1. The number of hydrogen-bond donors (Lipinski definition) is 2. The molecule has 1 unspecified atom stereocenters. The second-order valence-corrected chi connectivity index (χ2v) is 10.8. The Bertz CT molecular complexity index is 896. The normalized spacial score (nSPS) is 24.3. The lowest BCUT2D eigenvalue weighted by Crippen LogP contribution is -2.42. The van der Waals surface area contributed by atoms with E-state index < -0.39 is 5.60 Å². The minimum absolute atomic E-state index is 0.184. The molecule has 4 rings (SSSR count). The zero-order valence-electron chi connectivity index (χ0n) is 18.6. The standard InChI is InChI=1S/C23H34N4O2S/c1-5-14-6-11-17-18(12-14)30-21-19(17)20(24-13-25-21)26-15-7-9-16(10-8-15)27-22(28)29-23(2,3)4/h13-16H,5-12H2,1-4H3,(H,27,28)(H,24,25,26). The summed E-state index contributed by atoms with van der Waals surface area (Å²) in [5.41, 5.74) is 1.01. The largest absolute Gasteiger partial charge is 0.444 e. The van der Waals surface area contributed by atoms with Crippen LogP contribution in [0.5, 0.6) is 0 Å². The number of rotatable bonds is 4. The number of aromatic nitrogens is 2. The molecule has 1 fully saturated rings. The lowest BCUT2D eigenvalue weighted by atomic mass is 9.86. The summed E-state index contributed by atoms with van der Waals surface area (Å²) in [4.78, 5) is 23.9. The minimum atomic E-state index is -0.460. The van der Waals surface area contributed by atoms with Gasteiger partial charge >= 0.3 is 6.09 Å². The van der Waals surface area contributed by atoms with Crippen molar-refractivity contribution in [1.82, 2.24) is 15.3 Å². The molecule has 0 saturated heterocycles. The highest BCUT2D eigenvalue weighted by atomic mass is 32.1. The molecule has 2 aromatic heterocycles. The molecular formula is C23H34N4O2S. The molecule has 2 aromatic rings. The fourth-order valence-electron chi connectivity index (χ4n) is 4.69. The van der Waals surface area contributed by atoms with Crippen LogP contribution in [0.2, 0.25) is 0 Å². The van der Waals surface area contributed by atoms with Crippen LogP contribution in [-0.4, -0.2) is 33.7 Å². The third-order valence-corrected chi connectivity index (χ3v) is 7.48. The number of carbonyl (C=O) groups excluding carboxylic acids is 1. The summed E-state index contributed by atoms with van der Waals surface area (Å²) in [6.45, 7) is 7.97. The summed E-state index contributed by atoms with van der Waals surface area (Å²) in [6.07, 6.45) is 10.2. The van der Waals surface area contributed by atoms with E-state index in [0.29, 0.717) is 6.04 Å². The number of hydrogen-bond acceptors (Lipinski definition) is 6. The average molecular weight is 431 g/mol. The Morgan fingerprint density at radius 3 is 2.60 bits per heavy atom. The number of ether oxygens (including phenoxy) is 1. The van der Waals surface area contributed by atoms with Gasteiger partial charge in [0.05, 0.1) is 5.39 Å². The van der Waals surface area contributed by atoms with Gasteiger partial charge in [-0.1, -0.05) is 13.3 Å². The van der Waals surface area contributed by atoms with Gasteiger partial charge in [-0.25, -0.2) is 14.8 Å². The van der Waals surface area contributed by atoms with Crippen LogP contribution in [0.15, 0.2) is 6.33 Å². The van der Waals surface area contributed by atoms with Gasteiger partial charge in [0, 0.05) is 17.0 Å². The molecule has 1 amide bonds. The summed E-state index contributed by atoms with van der Waals surface area (Å²) in [5.74, 6) is 1.80. The summed E-state index contributed by atoms with van der Waals surface area (Å²) >= 11 is 1.85. The van der Waals surface area contributed by atoms with E-state index in [1.165, 1.54) is 35.1 Å². The first-order valence-electron chi connectivity index (χ1n) is 11.3. The highest BCUT2D eigenvalue weighted by Crippen LogP contribution is 2.40. The molecule has 0 radical (unpaired) electrons. The number of anilines is 1. The fourth-order valence-corrected chi connectivity index (χ4v) is 5.99. The Kier molecular flexibility index (Phi) is 6.19. The van der Waals surface area contributed by atoms with Crippen molar-refractivity contribution in [2.45, 2.75) is 96.7 Å². The zero-order chi connectivity index (χ0) is 21.3. The van der Waals surface area contributed by atoms with Crippen LogP contribution in [-0.2, 0) is 17.6 Å². The Hall–Kier alpha value is -1.89. The van der Waals surface area contributed by atoms with E-state index in [-0.39, 0.29) is 12.1 Å². The number of nitrogens with one attached hydrogen (secondary N) is 2. The molecule has 2 N–H and O–H groups in total. The Labute approximate surface area is 183 Å². The van der Waals surface area contributed by atoms with E-state index in [1.807, 2.05) is 32.1 Å². The maximum Gasteiger partial charge on any atom is 0.407 e. The van der Waals surface area contributed by atoms with Gasteiger partial charge in [0.2, 0.25) is 0 Å². The van der Waals surface area contributed by atoms with Crippen molar-refractivity contribution in [3.05, 3.63) is 16.8 Å². The quantitative estimate of drug-likeness (QED) is 0.674. The molecule has 0 bridgehead atoms. The summed E-state index contributed by atoms with van der Waals surface area (Å²) < 4.78 is 5.39. The van der Waals surface area contributed by atoms with Crippen LogP contribution < -0.4 is 10.6 Å². The second kappa shape index (κ2) is 8.69. The molecule has 7 heteroatoms. The van der Waals surface area contributed by atoms with E-state index in [2.05, 4.69) is 27.5 Å². The first-order valence-corrected chi connectivity index (χ1v) is 12.2. The molecule has 0 spiro atoms. The predicted molar refractivity (Wildman–Crippen MR) is 122 cm³/mol. The number of carbonyl (C=O) groups is 1. The molecule has 0 aliphatic heterocycles. The van der Waals surface area contributed by atoms with Gasteiger partial charge in [0.15, 0.2) is 0 Å².